The van der Waals surface area contributed by atoms with Gasteiger partial charge in [-0.2, -0.15) is 0 Å². The lowest BCUT2D eigenvalue weighted by molar-refractivity contribution is 0.0663. The Labute approximate surface area is 129 Å². The van der Waals surface area contributed by atoms with Crippen molar-refractivity contribution in [3.63, 3.8) is 0 Å². The van der Waals surface area contributed by atoms with E-state index in [-0.39, 0.29) is 11.3 Å². The minimum atomic E-state index is 0.0883. The molecule has 0 N–H and O–H groups in total. The van der Waals surface area contributed by atoms with Crippen molar-refractivity contribution < 1.29 is 9.53 Å². The molecule has 0 spiro atoms. The average Bonchev–Trinajstić information content (AvgIpc) is 2.65. The van der Waals surface area contributed by atoms with Crippen molar-refractivity contribution in [2.45, 2.75) is 26.7 Å². The van der Waals surface area contributed by atoms with E-state index in [0.717, 1.165) is 24.7 Å². The van der Waals surface area contributed by atoms with E-state index in [1.165, 1.54) is 0 Å². The highest BCUT2D eigenvalue weighted by Gasteiger charge is 2.32. The fourth-order valence-corrected chi connectivity index (χ4v) is 3.54. The second kappa shape index (κ2) is 6.61. The first-order chi connectivity index (χ1) is 9.65. The molecule has 1 aromatic rings. The predicted octanol–water partition coefficient (Wildman–Crippen LogP) is 3.72. The van der Waals surface area contributed by atoms with Crippen LogP contribution in [-0.2, 0) is 0 Å². The van der Waals surface area contributed by atoms with Crippen LogP contribution in [0.1, 0.15) is 37.0 Å². The molecule has 0 unspecified atom stereocenters. The fraction of sp³-hybridized carbons (Fsp3) is 0.562. The summed E-state index contributed by atoms with van der Waals surface area (Å²) in [5.74, 6) is 0.794. The highest BCUT2D eigenvalue weighted by molar-refractivity contribution is 9.09. The number of carbonyl (C=O) groups is 1. The first-order valence-electron chi connectivity index (χ1n) is 7.23. The van der Waals surface area contributed by atoms with Gasteiger partial charge in [0.1, 0.15) is 12.4 Å². The van der Waals surface area contributed by atoms with E-state index in [9.17, 15) is 4.79 Å². The molecular weight excluding hydrogens is 318 g/mol. The van der Waals surface area contributed by atoms with Crippen molar-refractivity contribution in [2.75, 3.05) is 25.0 Å². The third-order valence-corrected chi connectivity index (χ3v) is 5.52. The molecule has 3 nitrogen and oxygen atoms in total. The van der Waals surface area contributed by atoms with Crippen molar-refractivity contribution in [2.24, 2.45) is 5.41 Å². The van der Waals surface area contributed by atoms with Crippen LogP contribution in [0, 0.1) is 5.41 Å². The van der Waals surface area contributed by atoms with Crippen LogP contribution in [0.3, 0.4) is 0 Å². The number of benzene rings is 1. The Hall–Kier alpha value is -1.03. The highest BCUT2D eigenvalue weighted by Crippen LogP contribution is 2.32. The number of rotatable bonds is 5. The normalized spacial score (nSPS) is 15.6. The number of para-hydroxylation sites is 1. The monoisotopic (exact) mass is 339 g/mol. The Morgan fingerprint density at radius 3 is 2.65 bits per heavy atom. The smallest absolute Gasteiger partial charge is 0.257 e. The quantitative estimate of drug-likeness (QED) is 0.765. The van der Waals surface area contributed by atoms with Crippen LogP contribution in [0.5, 0.6) is 5.75 Å². The number of hydrogen-bond acceptors (Lipinski definition) is 2. The fourth-order valence-electron chi connectivity index (χ4n) is 2.57. The summed E-state index contributed by atoms with van der Waals surface area (Å²) in [6.07, 6.45) is 2.11. The molecule has 0 saturated heterocycles. The molecule has 4 heteroatoms. The van der Waals surface area contributed by atoms with Crippen LogP contribution in [0.25, 0.3) is 0 Å². The Balaban J connectivity index is 2.23. The minimum absolute atomic E-state index is 0.0883. The lowest BCUT2D eigenvalue weighted by Gasteiger charge is -2.35. The molecule has 2 rings (SSSR count). The average molecular weight is 340 g/mol. The number of hydrogen-bond donors (Lipinski definition) is 0. The van der Waals surface area contributed by atoms with Crippen molar-refractivity contribution in [1.29, 1.82) is 0 Å². The summed E-state index contributed by atoms with van der Waals surface area (Å²) in [6.45, 7) is 6.38. The van der Waals surface area contributed by atoms with E-state index in [1.807, 2.05) is 29.2 Å². The molecule has 110 valence electrons. The van der Waals surface area contributed by atoms with Gasteiger partial charge in [-0.05, 0) is 30.4 Å². The van der Waals surface area contributed by atoms with E-state index >= 15 is 0 Å². The minimum Gasteiger partial charge on any atom is -0.491 e. The maximum absolute atomic E-state index is 12.7. The van der Waals surface area contributed by atoms with Crippen molar-refractivity contribution in [1.82, 2.24) is 4.90 Å². The van der Waals surface area contributed by atoms with E-state index in [4.69, 9.17) is 4.74 Å². The van der Waals surface area contributed by atoms with Gasteiger partial charge < -0.3 is 9.64 Å². The Kier molecular flexibility index (Phi) is 5.08. The maximum Gasteiger partial charge on any atom is 0.257 e. The molecule has 1 aliphatic heterocycles. The summed E-state index contributed by atoms with van der Waals surface area (Å²) in [6, 6.07) is 7.52. The van der Waals surface area contributed by atoms with E-state index in [1.54, 1.807) is 0 Å². The second-order valence-electron chi connectivity index (χ2n) is 5.41. The number of halogens is 1. The maximum atomic E-state index is 12.7. The lowest BCUT2D eigenvalue weighted by atomic mass is 9.84. The molecule has 0 aromatic heterocycles. The van der Waals surface area contributed by atoms with Gasteiger partial charge in [0.2, 0.25) is 0 Å². The van der Waals surface area contributed by atoms with Gasteiger partial charge >= 0.3 is 0 Å². The summed E-state index contributed by atoms with van der Waals surface area (Å²) in [5, 5.41) is 0.916. The van der Waals surface area contributed by atoms with Crippen LogP contribution in [0.15, 0.2) is 24.3 Å². The van der Waals surface area contributed by atoms with Gasteiger partial charge in [-0.3, -0.25) is 4.79 Å². The molecule has 0 aliphatic carbocycles. The molecule has 0 atom stereocenters. The molecule has 1 aliphatic rings. The van der Waals surface area contributed by atoms with Gasteiger partial charge in [-0.25, -0.2) is 0 Å². The molecule has 1 aromatic carbocycles. The highest BCUT2D eigenvalue weighted by atomic mass is 79.9. The van der Waals surface area contributed by atoms with Gasteiger partial charge in [0, 0.05) is 11.9 Å². The van der Waals surface area contributed by atoms with Gasteiger partial charge in [-0.1, -0.05) is 41.9 Å². The van der Waals surface area contributed by atoms with Gasteiger partial charge in [-0.15, -0.1) is 0 Å². The van der Waals surface area contributed by atoms with Crippen LogP contribution in [0.2, 0.25) is 0 Å². The number of ether oxygens (including phenoxy) is 1. The summed E-state index contributed by atoms with van der Waals surface area (Å²) in [5.41, 5.74) is 0.829. The first kappa shape index (κ1) is 15.4. The zero-order valence-corrected chi connectivity index (χ0v) is 13.8. The number of fused-ring (bicyclic) bond motifs is 1. The summed E-state index contributed by atoms with van der Waals surface area (Å²) in [4.78, 5) is 14.6. The van der Waals surface area contributed by atoms with E-state index < -0.39 is 0 Å². The van der Waals surface area contributed by atoms with Gasteiger partial charge in [0.15, 0.2) is 0 Å². The molecule has 0 fully saturated rings. The van der Waals surface area contributed by atoms with Gasteiger partial charge in [0.25, 0.3) is 5.91 Å². The third-order valence-electron chi connectivity index (χ3n) is 4.33. The number of carbonyl (C=O) groups excluding carboxylic acids is 1. The summed E-state index contributed by atoms with van der Waals surface area (Å²) < 4.78 is 5.69. The molecule has 1 amide bonds. The lowest BCUT2D eigenvalue weighted by Crippen LogP contribution is -2.42. The van der Waals surface area contributed by atoms with Crippen molar-refractivity contribution in [3.8, 4) is 5.75 Å². The molecule has 1 heterocycles. The topological polar surface area (TPSA) is 29.5 Å². The van der Waals surface area contributed by atoms with Crippen molar-refractivity contribution in [3.05, 3.63) is 29.8 Å². The molecule has 0 radical (unpaired) electrons. The molecule has 0 bridgehead atoms. The summed E-state index contributed by atoms with van der Waals surface area (Å²) in [7, 11) is 0. The second-order valence-corrected chi connectivity index (χ2v) is 5.97. The van der Waals surface area contributed by atoms with Crippen LogP contribution < -0.4 is 4.74 Å². The van der Waals surface area contributed by atoms with Crippen molar-refractivity contribution >= 4 is 21.8 Å². The SMILES string of the molecule is CCC(CC)(CBr)CN1CCOc2ccccc2C1=O. The Morgan fingerprint density at radius 1 is 1.30 bits per heavy atom. The Morgan fingerprint density at radius 2 is 2.00 bits per heavy atom. The Bertz CT molecular complexity index is 463. The zero-order chi connectivity index (χ0) is 14.6. The first-order valence-corrected chi connectivity index (χ1v) is 8.35. The van der Waals surface area contributed by atoms with Crippen LogP contribution in [0.4, 0.5) is 0 Å². The van der Waals surface area contributed by atoms with Gasteiger partial charge in [0.05, 0.1) is 12.1 Å². The number of nitrogens with zero attached hydrogens (tertiary/aromatic N) is 1. The van der Waals surface area contributed by atoms with Crippen LogP contribution in [-0.4, -0.2) is 35.8 Å². The number of alkyl halides is 1. The molecular formula is C16H22BrNO2. The number of amides is 1. The standard InChI is InChI=1S/C16H22BrNO2/c1-3-16(4-2,11-17)12-18-9-10-20-14-8-6-5-7-13(14)15(18)19/h5-8H,3-4,9-12H2,1-2H3. The zero-order valence-electron chi connectivity index (χ0n) is 12.2. The summed E-state index contributed by atoms with van der Waals surface area (Å²) >= 11 is 3.62. The van der Waals surface area contributed by atoms with Crippen LogP contribution >= 0.6 is 15.9 Å². The largest absolute Gasteiger partial charge is 0.491 e. The third kappa shape index (κ3) is 3.00. The van der Waals surface area contributed by atoms with E-state index in [2.05, 4.69) is 29.8 Å². The molecule has 0 saturated carbocycles. The van der Waals surface area contributed by atoms with E-state index in [0.29, 0.717) is 24.5 Å². The molecule has 20 heavy (non-hydrogen) atoms. The predicted molar refractivity (Wildman–Crippen MR) is 84.6 cm³/mol.